The number of anilines is 1. The number of aromatic nitrogens is 1. The molecule has 0 radical (unpaired) electrons. The number of carbonyl (C=O) groups excluding carboxylic acids is 1. The quantitative estimate of drug-likeness (QED) is 0.829. The Morgan fingerprint density at radius 1 is 1.42 bits per heavy atom. The maximum Gasteiger partial charge on any atom is 0.256 e. The standard InChI is InChI=1S/C15H21N3O/c1-4-18(9-10(2)3)15(19)13-8-17-14-6-5-11(16)7-12(13)14/h5-8,10,17H,4,9,16H2,1-3H3. The van der Waals surface area contributed by atoms with E-state index in [1.165, 1.54) is 0 Å². The lowest BCUT2D eigenvalue weighted by molar-refractivity contribution is 0.0748. The number of H-pyrrole nitrogens is 1. The molecule has 0 spiro atoms. The Kier molecular flexibility index (Phi) is 3.79. The molecule has 1 aromatic heterocycles. The summed E-state index contributed by atoms with van der Waals surface area (Å²) in [6.45, 7) is 7.71. The number of nitrogens with two attached hydrogens (primary N) is 1. The molecule has 0 bridgehead atoms. The lowest BCUT2D eigenvalue weighted by Gasteiger charge is -2.22. The number of benzene rings is 1. The maximum atomic E-state index is 12.6. The van der Waals surface area contributed by atoms with Crippen molar-refractivity contribution in [3.05, 3.63) is 30.0 Å². The molecule has 0 aliphatic rings. The van der Waals surface area contributed by atoms with Gasteiger partial charge in [-0.2, -0.15) is 0 Å². The Morgan fingerprint density at radius 2 is 2.16 bits per heavy atom. The lowest BCUT2D eigenvalue weighted by Crippen LogP contribution is -2.33. The third-order valence-electron chi connectivity index (χ3n) is 3.19. The van der Waals surface area contributed by atoms with Gasteiger partial charge in [0.05, 0.1) is 5.56 Å². The highest BCUT2D eigenvalue weighted by atomic mass is 16.2. The highest BCUT2D eigenvalue weighted by molar-refractivity contribution is 6.07. The summed E-state index contributed by atoms with van der Waals surface area (Å²) < 4.78 is 0. The van der Waals surface area contributed by atoms with E-state index in [-0.39, 0.29) is 5.91 Å². The number of fused-ring (bicyclic) bond motifs is 1. The number of carbonyl (C=O) groups is 1. The van der Waals surface area contributed by atoms with Gasteiger partial charge in [-0.25, -0.2) is 0 Å². The van der Waals surface area contributed by atoms with Crippen molar-refractivity contribution < 1.29 is 4.79 Å². The smallest absolute Gasteiger partial charge is 0.256 e. The third kappa shape index (κ3) is 2.72. The van der Waals surface area contributed by atoms with Gasteiger partial charge in [0.15, 0.2) is 0 Å². The Morgan fingerprint density at radius 3 is 2.79 bits per heavy atom. The highest BCUT2D eigenvalue weighted by Crippen LogP contribution is 2.22. The number of nitrogens with one attached hydrogen (secondary N) is 1. The number of hydrogen-bond acceptors (Lipinski definition) is 2. The fourth-order valence-electron chi connectivity index (χ4n) is 2.28. The van der Waals surface area contributed by atoms with Crippen LogP contribution >= 0.6 is 0 Å². The average Bonchev–Trinajstić information content (AvgIpc) is 2.77. The fourth-order valence-corrected chi connectivity index (χ4v) is 2.28. The summed E-state index contributed by atoms with van der Waals surface area (Å²) in [5.41, 5.74) is 8.12. The van der Waals surface area contributed by atoms with E-state index in [9.17, 15) is 4.79 Å². The molecular weight excluding hydrogens is 238 g/mol. The number of hydrogen-bond donors (Lipinski definition) is 2. The second kappa shape index (κ2) is 5.34. The van der Waals surface area contributed by atoms with E-state index in [1.54, 1.807) is 6.20 Å². The van der Waals surface area contributed by atoms with Crippen LogP contribution in [0.25, 0.3) is 10.9 Å². The van der Waals surface area contributed by atoms with E-state index in [0.717, 1.165) is 17.4 Å². The first-order valence-electron chi connectivity index (χ1n) is 6.68. The van der Waals surface area contributed by atoms with Gasteiger partial charge in [0, 0.05) is 35.9 Å². The summed E-state index contributed by atoms with van der Waals surface area (Å²) in [4.78, 5) is 17.6. The Bertz CT molecular complexity index is 586. The molecule has 0 unspecified atom stereocenters. The van der Waals surface area contributed by atoms with Gasteiger partial charge in [-0.1, -0.05) is 13.8 Å². The molecule has 102 valence electrons. The van der Waals surface area contributed by atoms with Gasteiger partial charge >= 0.3 is 0 Å². The van der Waals surface area contributed by atoms with E-state index >= 15 is 0 Å². The van der Waals surface area contributed by atoms with Gasteiger partial charge in [-0.3, -0.25) is 4.79 Å². The zero-order chi connectivity index (χ0) is 14.0. The van der Waals surface area contributed by atoms with Crippen LogP contribution in [0.1, 0.15) is 31.1 Å². The van der Waals surface area contributed by atoms with Crippen molar-refractivity contribution in [3.63, 3.8) is 0 Å². The summed E-state index contributed by atoms with van der Waals surface area (Å²) in [6.07, 6.45) is 1.77. The molecule has 1 amide bonds. The predicted molar refractivity (Wildman–Crippen MR) is 79.1 cm³/mol. The molecule has 0 saturated carbocycles. The number of amides is 1. The van der Waals surface area contributed by atoms with Crippen molar-refractivity contribution in [3.8, 4) is 0 Å². The zero-order valence-corrected chi connectivity index (χ0v) is 11.7. The van der Waals surface area contributed by atoms with Gasteiger partial charge in [0.2, 0.25) is 0 Å². The van der Waals surface area contributed by atoms with Crippen LogP contribution in [0, 0.1) is 5.92 Å². The average molecular weight is 259 g/mol. The van der Waals surface area contributed by atoms with Crippen molar-refractivity contribution >= 4 is 22.5 Å². The lowest BCUT2D eigenvalue weighted by atomic mass is 10.1. The van der Waals surface area contributed by atoms with Crippen LogP contribution in [0.3, 0.4) is 0 Å². The van der Waals surface area contributed by atoms with Crippen molar-refractivity contribution in [2.75, 3.05) is 18.8 Å². The van der Waals surface area contributed by atoms with Crippen LogP contribution in [0.15, 0.2) is 24.4 Å². The molecule has 2 aromatic rings. The molecule has 19 heavy (non-hydrogen) atoms. The number of aromatic amines is 1. The maximum absolute atomic E-state index is 12.6. The van der Waals surface area contributed by atoms with E-state index in [4.69, 9.17) is 5.73 Å². The fraction of sp³-hybridized carbons (Fsp3) is 0.400. The summed E-state index contributed by atoms with van der Waals surface area (Å²) in [5.74, 6) is 0.521. The zero-order valence-electron chi connectivity index (χ0n) is 11.7. The van der Waals surface area contributed by atoms with E-state index in [0.29, 0.717) is 23.7 Å². The second-order valence-electron chi connectivity index (χ2n) is 5.25. The normalized spacial score (nSPS) is 11.2. The molecule has 4 nitrogen and oxygen atoms in total. The molecule has 0 fully saturated rings. The van der Waals surface area contributed by atoms with Gasteiger partial charge in [0.1, 0.15) is 0 Å². The summed E-state index contributed by atoms with van der Waals surface area (Å²) >= 11 is 0. The minimum Gasteiger partial charge on any atom is -0.399 e. The molecule has 3 N–H and O–H groups in total. The van der Waals surface area contributed by atoms with Crippen molar-refractivity contribution in [1.82, 2.24) is 9.88 Å². The number of nitrogen functional groups attached to an aromatic ring is 1. The van der Waals surface area contributed by atoms with Crippen LogP contribution in [-0.4, -0.2) is 28.9 Å². The minimum atomic E-state index is 0.0630. The van der Waals surface area contributed by atoms with Crippen molar-refractivity contribution in [2.45, 2.75) is 20.8 Å². The summed E-state index contributed by atoms with van der Waals surface area (Å²) in [6, 6.07) is 5.58. The highest BCUT2D eigenvalue weighted by Gasteiger charge is 2.18. The van der Waals surface area contributed by atoms with Gasteiger partial charge in [-0.05, 0) is 31.0 Å². The summed E-state index contributed by atoms with van der Waals surface area (Å²) in [7, 11) is 0. The number of nitrogens with zero attached hydrogens (tertiary/aromatic N) is 1. The van der Waals surface area contributed by atoms with Crippen molar-refractivity contribution in [1.29, 1.82) is 0 Å². The van der Waals surface area contributed by atoms with Crippen molar-refractivity contribution in [2.24, 2.45) is 5.92 Å². The minimum absolute atomic E-state index is 0.0630. The first-order chi connectivity index (χ1) is 9.02. The van der Waals surface area contributed by atoms with Crippen LogP contribution < -0.4 is 5.73 Å². The largest absolute Gasteiger partial charge is 0.399 e. The van der Waals surface area contributed by atoms with E-state index in [2.05, 4.69) is 18.8 Å². The molecule has 0 aliphatic heterocycles. The first-order valence-corrected chi connectivity index (χ1v) is 6.68. The monoisotopic (exact) mass is 259 g/mol. The second-order valence-corrected chi connectivity index (χ2v) is 5.25. The Balaban J connectivity index is 2.37. The Labute approximate surface area is 113 Å². The molecule has 0 aliphatic carbocycles. The topological polar surface area (TPSA) is 62.1 Å². The van der Waals surface area contributed by atoms with Crippen LogP contribution in [0.2, 0.25) is 0 Å². The molecule has 0 atom stereocenters. The van der Waals surface area contributed by atoms with E-state index < -0.39 is 0 Å². The SMILES string of the molecule is CCN(CC(C)C)C(=O)c1c[nH]c2ccc(N)cc12. The Hall–Kier alpha value is -1.97. The van der Waals surface area contributed by atoms with Crippen LogP contribution in [0.5, 0.6) is 0 Å². The van der Waals surface area contributed by atoms with Gasteiger partial charge in [0.25, 0.3) is 5.91 Å². The van der Waals surface area contributed by atoms with Crippen LogP contribution in [-0.2, 0) is 0 Å². The van der Waals surface area contributed by atoms with Gasteiger partial charge < -0.3 is 15.6 Å². The number of rotatable bonds is 4. The summed E-state index contributed by atoms with van der Waals surface area (Å²) in [5, 5.41) is 0.896. The van der Waals surface area contributed by atoms with E-state index in [1.807, 2.05) is 30.0 Å². The predicted octanol–water partition coefficient (Wildman–Crippen LogP) is 2.87. The third-order valence-corrected chi connectivity index (χ3v) is 3.19. The molecule has 0 saturated heterocycles. The molecule has 1 heterocycles. The molecular formula is C15H21N3O. The molecule has 2 rings (SSSR count). The van der Waals surface area contributed by atoms with Gasteiger partial charge in [-0.15, -0.1) is 0 Å². The van der Waals surface area contributed by atoms with Crippen LogP contribution in [0.4, 0.5) is 5.69 Å². The molecule has 4 heteroatoms. The first kappa shape index (κ1) is 13.5. The molecule has 1 aromatic carbocycles.